The summed E-state index contributed by atoms with van der Waals surface area (Å²) in [5.41, 5.74) is 0.566. The van der Waals surface area contributed by atoms with E-state index in [1.54, 1.807) is 18.3 Å². The number of carbonyl (C=O) groups excluding carboxylic acids is 2. The highest BCUT2D eigenvalue weighted by atomic mass is 19.4. The minimum absolute atomic E-state index is 0.0394. The van der Waals surface area contributed by atoms with Crippen molar-refractivity contribution in [3.05, 3.63) is 71.4 Å². The SMILES string of the molecule is O=C(NC1CC(=O)N(Cc2ccccc2C(F)(F)F)C1)c1ccc2cc[nH]c2c1. The Labute approximate surface area is 164 Å². The van der Waals surface area contributed by atoms with Gasteiger partial charge >= 0.3 is 6.18 Å². The normalized spacial score (nSPS) is 17.1. The van der Waals surface area contributed by atoms with Crippen LogP contribution in [0, 0.1) is 0 Å². The molecule has 8 heteroatoms. The van der Waals surface area contributed by atoms with Gasteiger partial charge in [0.2, 0.25) is 5.91 Å². The standard InChI is InChI=1S/C21H18F3N3O2/c22-21(23,24)17-4-2-1-3-15(17)11-27-12-16(10-19(27)28)26-20(29)14-6-5-13-7-8-25-18(13)9-14/h1-9,16,25H,10-12H2,(H,26,29). The van der Waals surface area contributed by atoms with E-state index in [0.29, 0.717) is 5.56 Å². The molecule has 0 radical (unpaired) electrons. The molecule has 1 aliphatic heterocycles. The summed E-state index contributed by atoms with van der Waals surface area (Å²) in [6, 6.07) is 11.9. The summed E-state index contributed by atoms with van der Waals surface area (Å²) in [5, 5.41) is 3.78. The van der Waals surface area contributed by atoms with E-state index in [9.17, 15) is 22.8 Å². The Balaban J connectivity index is 1.44. The molecule has 3 aromatic rings. The third-order valence-corrected chi connectivity index (χ3v) is 5.05. The summed E-state index contributed by atoms with van der Waals surface area (Å²) in [6.45, 7) is 0.0246. The fourth-order valence-electron chi connectivity index (χ4n) is 3.62. The number of carbonyl (C=O) groups is 2. The molecule has 0 saturated carbocycles. The molecule has 0 aliphatic carbocycles. The Morgan fingerprint density at radius 3 is 2.76 bits per heavy atom. The first-order valence-electron chi connectivity index (χ1n) is 9.12. The molecular weight excluding hydrogens is 383 g/mol. The first-order chi connectivity index (χ1) is 13.8. The second-order valence-electron chi connectivity index (χ2n) is 7.08. The van der Waals surface area contributed by atoms with Crippen molar-refractivity contribution in [3.63, 3.8) is 0 Å². The zero-order valence-electron chi connectivity index (χ0n) is 15.3. The van der Waals surface area contributed by atoms with Crippen LogP contribution >= 0.6 is 0 Å². The summed E-state index contributed by atoms with van der Waals surface area (Å²) in [4.78, 5) is 29.2. The monoisotopic (exact) mass is 401 g/mol. The summed E-state index contributed by atoms with van der Waals surface area (Å²) in [5.74, 6) is -0.607. The first kappa shape index (κ1) is 19.0. The Bertz CT molecular complexity index is 1070. The Morgan fingerprint density at radius 2 is 1.97 bits per heavy atom. The van der Waals surface area contributed by atoms with Crippen LogP contribution in [-0.4, -0.2) is 34.3 Å². The maximum atomic E-state index is 13.2. The number of benzene rings is 2. The number of nitrogens with zero attached hydrogens (tertiary/aromatic N) is 1. The number of likely N-dealkylation sites (tertiary alicyclic amines) is 1. The average molecular weight is 401 g/mol. The predicted molar refractivity (Wildman–Crippen MR) is 101 cm³/mol. The number of H-pyrrole nitrogens is 1. The summed E-state index contributed by atoms with van der Waals surface area (Å²) in [6.07, 6.45) is -2.65. The number of halogens is 3. The van der Waals surface area contributed by atoms with E-state index in [1.807, 2.05) is 12.1 Å². The van der Waals surface area contributed by atoms with Crippen molar-refractivity contribution >= 4 is 22.7 Å². The molecule has 1 aromatic heterocycles. The second kappa shape index (κ2) is 7.27. The molecule has 2 N–H and O–H groups in total. The highest BCUT2D eigenvalue weighted by Crippen LogP contribution is 2.33. The molecule has 1 atom stereocenters. The number of rotatable bonds is 4. The average Bonchev–Trinajstić information content (AvgIpc) is 3.27. The molecule has 4 rings (SSSR count). The van der Waals surface area contributed by atoms with Crippen LogP contribution in [0.4, 0.5) is 13.2 Å². The maximum absolute atomic E-state index is 13.2. The van der Waals surface area contributed by atoms with E-state index in [0.717, 1.165) is 17.0 Å². The van der Waals surface area contributed by atoms with Crippen LogP contribution < -0.4 is 5.32 Å². The van der Waals surface area contributed by atoms with E-state index in [1.165, 1.54) is 23.1 Å². The molecule has 2 heterocycles. The molecule has 1 saturated heterocycles. The van der Waals surface area contributed by atoms with Crippen molar-refractivity contribution in [2.45, 2.75) is 25.2 Å². The number of amides is 2. The first-order valence-corrected chi connectivity index (χ1v) is 9.12. The molecule has 29 heavy (non-hydrogen) atoms. The molecule has 2 aromatic carbocycles. The van der Waals surface area contributed by atoms with Crippen molar-refractivity contribution in [1.29, 1.82) is 0 Å². The lowest BCUT2D eigenvalue weighted by Gasteiger charge is -2.20. The fourth-order valence-corrected chi connectivity index (χ4v) is 3.62. The van der Waals surface area contributed by atoms with Gasteiger partial charge in [0.25, 0.3) is 5.91 Å². The lowest BCUT2D eigenvalue weighted by atomic mass is 10.1. The Hall–Kier alpha value is -3.29. The van der Waals surface area contributed by atoms with Gasteiger partial charge < -0.3 is 15.2 Å². The van der Waals surface area contributed by atoms with Crippen LogP contribution in [0.2, 0.25) is 0 Å². The van der Waals surface area contributed by atoms with Gasteiger partial charge in [0.1, 0.15) is 0 Å². The van der Waals surface area contributed by atoms with Crippen LogP contribution in [0.3, 0.4) is 0 Å². The lowest BCUT2D eigenvalue weighted by molar-refractivity contribution is -0.139. The van der Waals surface area contributed by atoms with Gasteiger partial charge in [-0.05, 0) is 35.2 Å². The molecule has 0 bridgehead atoms. The minimum atomic E-state index is -4.48. The van der Waals surface area contributed by atoms with Crippen molar-refractivity contribution in [3.8, 4) is 0 Å². The van der Waals surface area contributed by atoms with E-state index in [2.05, 4.69) is 10.3 Å². The van der Waals surface area contributed by atoms with Crippen molar-refractivity contribution in [2.75, 3.05) is 6.54 Å². The van der Waals surface area contributed by atoms with Crippen molar-refractivity contribution < 1.29 is 22.8 Å². The van der Waals surface area contributed by atoms with E-state index in [-0.39, 0.29) is 36.9 Å². The summed E-state index contributed by atoms with van der Waals surface area (Å²) in [7, 11) is 0. The Morgan fingerprint density at radius 1 is 1.17 bits per heavy atom. The zero-order chi connectivity index (χ0) is 20.6. The summed E-state index contributed by atoms with van der Waals surface area (Å²) >= 11 is 0. The highest BCUT2D eigenvalue weighted by Gasteiger charge is 2.36. The van der Waals surface area contributed by atoms with Crippen LogP contribution in [0.5, 0.6) is 0 Å². The molecule has 1 aliphatic rings. The van der Waals surface area contributed by atoms with E-state index < -0.39 is 17.8 Å². The Kier molecular flexibility index (Phi) is 4.77. The number of hydrogen-bond donors (Lipinski definition) is 2. The molecular formula is C21H18F3N3O2. The number of fused-ring (bicyclic) bond motifs is 1. The van der Waals surface area contributed by atoms with Crippen LogP contribution in [-0.2, 0) is 17.5 Å². The third-order valence-electron chi connectivity index (χ3n) is 5.05. The second-order valence-corrected chi connectivity index (χ2v) is 7.08. The van der Waals surface area contributed by atoms with Gasteiger partial charge in [-0.15, -0.1) is 0 Å². The molecule has 1 fully saturated rings. The molecule has 2 amide bonds. The summed E-state index contributed by atoms with van der Waals surface area (Å²) < 4.78 is 39.5. The van der Waals surface area contributed by atoms with Gasteiger partial charge in [-0.25, -0.2) is 0 Å². The van der Waals surface area contributed by atoms with Gasteiger partial charge in [-0.1, -0.05) is 24.3 Å². The zero-order valence-corrected chi connectivity index (χ0v) is 15.3. The van der Waals surface area contributed by atoms with Crippen molar-refractivity contribution in [1.82, 2.24) is 15.2 Å². The molecule has 1 unspecified atom stereocenters. The number of alkyl halides is 3. The van der Waals surface area contributed by atoms with E-state index >= 15 is 0 Å². The predicted octanol–water partition coefficient (Wildman–Crippen LogP) is 3.72. The van der Waals surface area contributed by atoms with Crippen molar-refractivity contribution in [2.24, 2.45) is 0 Å². The fraction of sp³-hybridized carbons (Fsp3) is 0.238. The van der Waals surface area contributed by atoms with Crippen LogP contribution in [0.1, 0.15) is 27.9 Å². The number of hydrogen-bond acceptors (Lipinski definition) is 2. The smallest absolute Gasteiger partial charge is 0.361 e. The topological polar surface area (TPSA) is 65.2 Å². The van der Waals surface area contributed by atoms with Gasteiger partial charge in [-0.2, -0.15) is 13.2 Å². The number of nitrogens with one attached hydrogen (secondary N) is 2. The van der Waals surface area contributed by atoms with Crippen LogP contribution in [0.25, 0.3) is 10.9 Å². The van der Waals surface area contributed by atoms with Gasteiger partial charge in [-0.3, -0.25) is 9.59 Å². The van der Waals surface area contributed by atoms with Crippen LogP contribution in [0.15, 0.2) is 54.7 Å². The van der Waals surface area contributed by atoms with Gasteiger partial charge in [0.15, 0.2) is 0 Å². The molecule has 5 nitrogen and oxygen atoms in total. The maximum Gasteiger partial charge on any atom is 0.416 e. The third kappa shape index (κ3) is 3.96. The minimum Gasteiger partial charge on any atom is -0.361 e. The number of aromatic amines is 1. The quantitative estimate of drug-likeness (QED) is 0.700. The van der Waals surface area contributed by atoms with Gasteiger partial charge in [0, 0.05) is 36.8 Å². The van der Waals surface area contributed by atoms with Gasteiger partial charge in [0.05, 0.1) is 11.6 Å². The van der Waals surface area contributed by atoms with E-state index in [4.69, 9.17) is 0 Å². The molecule has 0 spiro atoms. The molecule has 150 valence electrons. The lowest BCUT2D eigenvalue weighted by Crippen LogP contribution is -2.37. The highest BCUT2D eigenvalue weighted by molar-refractivity contribution is 5.98. The number of aromatic nitrogens is 1. The largest absolute Gasteiger partial charge is 0.416 e.